The van der Waals surface area contributed by atoms with E-state index < -0.39 is 0 Å². The van der Waals surface area contributed by atoms with Crippen LogP contribution in [-0.4, -0.2) is 30.6 Å². The number of benzene rings is 1. The Morgan fingerprint density at radius 1 is 1.33 bits per heavy atom. The molecule has 1 aromatic carbocycles. The van der Waals surface area contributed by atoms with Gasteiger partial charge >= 0.3 is 5.97 Å². The topological polar surface area (TPSA) is 54.1 Å². The summed E-state index contributed by atoms with van der Waals surface area (Å²) in [6.07, 6.45) is 4.99. The molecular formula is C20H24N2O2. The molecule has 2 bridgehead atoms. The van der Waals surface area contributed by atoms with E-state index in [9.17, 15) is 4.79 Å². The fourth-order valence-corrected chi connectivity index (χ4v) is 4.59. The summed E-state index contributed by atoms with van der Waals surface area (Å²) in [4.78, 5) is 16.1. The number of aromatic amines is 1. The number of methoxy groups -OCH3 is 1. The minimum absolute atomic E-state index is 0.0835. The van der Waals surface area contributed by atoms with Crippen LogP contribution in [0.4, 0.5) is 0 Å². The Labute approximate surface area is 142 Å². The largest absolute Gasteiger partial charge is 0.469 e. The molecule has 0 spiro atoms. The van der Waals surface area contributed by atoms with Crippen LogP contribution in [0.5, 0.6) is 0 Å². The fraction of sp³-hybridized carbons (Fsp3) is 0.450. The molecule has 126 valence electrons. The second kappa shape index (κ2) is 6.10. The zero-order valence-corrected chi connectivity index (χ0v) is 14.3. The number of rotatable bonds is 1. The van der Waals surface area contributed by atoms with Crippen molar-refractivity contribution < 1.29 is 9.53 Å². The Balaban J connectivity index is 1.81. The van der Waals surface area contributed by atoms with Gasteiger partial charge in [-0.05, 0) is 43.7 Å². The predicted octanol–water partition coefficient (Wildman–Crippen LogP) is 2.98. The number of H-pyrrole nitrogens is 1. The number of aromatic nitrogens is 1. The van der Waals surface area contributed by atoms with E-state index in [0.717, 1.165) is 25.8 Å². The predicted molar refractivity (Wildman–Crippen MR) is 94.9 cm³/mol. The van der Waals surface area contributed by atoms with Gasteiger partial charge in [0.2, 0.25) is 0 Å². The monoisotopic (exact) mass is 324 g/mol. The molecule has 1 aromatic heterocycles. The number of hydrogen-bond donors (Lipinski definition) is 2. The van der Waals surface area contributed by atoms with E-state index in [1.807, 2.05) is 0 Å². The van der Waals surface area contributed by atoms with Crippen LogP contribution in [0.15, 0.2) is 35.9 Å². The average Bonchev–Trinajstić information content (AvgIpc) is 2.95. The Kier molecular flexibility index (Phi) is 3.93. The van der Waals surface area contributed by atoms with E-state index in [1.165, 1.54) is 34.8 Å². The Morgan fingerprint density at radius 3 is 2.96 bits per heavy atom. The lowest BCUT2D eigenvalue weighted by Crippen LogP contribution is -2.52. The minimum Gasteiger partial charge on any atom is -0.469 e. The van der Waals surface area contributed by atoms with Crippen molar-refractivity contribution in [1.82, 2.24) is 10.3 Å². The highest BCUT2D eigenvalue weighted by Crippen LogP contribution is 2.38. The lowest BCUT2D eigenvalue weighted by molar-refractivity contribution is -0.149. The van der Waals surface area contributed by atoms with E-state index in [1.54, 1.807) is 0 Å². The third kappa shape index (κ3) is 2.37. The maximum atomic E-state index is 12.5. The SMILES string of the molecule is CC=C1CNC2Cc3c([nH]c4ccccc34)CCC1C2C(=O)OC. The van der Waals surface area contributed by atoms with Crippen molar-refractivity contribution in [3.05, 3.63) is 47.2 Å². The van der Waals surface area contributed by atoms with E-state index in [0.29, 0.717) is 0 Å². The molecule has 4 heteroatoms. The summed E-state index contributed by atoms with van der Waals surface area (Å²) >= 11 is 0. The van der Waals surface area contributed by atoms with Crippen molar-refractivity contribution in [2.45, 2.75) is 32.2 Å². The number of para-hydroxylation sites is 1. The summed E-state index contributed by atoms with van der Waals surface area (Å²) in [6, 6.07) is 8.59. The van der Waals surface area contributed by atoms with Crippen molar-refractivity contribution in [2.75, 3.05) is 13.7 Å². The minimum atomic E-state index is -0.100. The molecule has 0 radical (unpaired) electrons. The van der Waals surface area contributed by atoms with E-state index >= 15 is 0 Å². The second-order valence-electron chi connectivity index (χ2n) is 6.88. The number of hydrogen-bond acceptors (Lipinski definition) is 3. The molecule has 3 atom stereocenters. The molecule has 0 saturated carbocycles. The molecule has 3 unspecified atom stereocenters. The van der Waals surface area contributed by atoms with Crippen LogP contribution in [0.2, 0.25) is 0 Å². The summed E-state index contributed by atoms with van der Waals surface area (Å²) in [6.45, 7) is 2.94. The number of carbonyl (C=O) groups excluding carboxylic acids is 1. The number of fused-ring (bicyclic) bond motifs is 5. The van der Waals surface area contributed by atoms with Gasteiger partial charge in [0.25, 0.3) is 0 Å². The van der Waals surface area contributed by atoms with Gasteiger partial charge in [0, 0.05) is 29.2 Å². The molecule has 1 fully saturated rings. The lowest BCUT2D eigenvalue weighted by atomic mass is 9.71. The molecular weight excluding hydrogens is 300 g/mol. The van der Waals surface area contributed by atoms with Gasteiger partial charge in [-0.25, -0.2) is 0 Å². The van der Waals surface area contributed by atoms with Crippen LogP contribution in [0.1, 0.15) is 24.6 Å². The lowest BCUT2D eigenvalue weighted by Gasteiger charge is -2.40. The first kappa shape index (κ1) is 15.5. The van der Waals surface area contributed by atoms with Crippen LogP contribution in [0, 0.1) is 11.8 Å². The first-order valence-corrected chi connectivity index (χ1v) is 8.77. The molecule has 2 aliphatic rings. The highest BCUT2D eigenvalue weighted by atomic mass is 16.5. The van der Waals surface area contributed by atoms with Crippen molar-refractivity contribution in [3.63, 3.8) is 0 Å². The van der Waals surface area contributed by atoms with Gasteiger partial charge in [-0.3, -0.25) is 4.79 Å². The molecule has 2 heterocycles. The number of aryl methyl sites for hydroxylation is 1. The second-order valence-corrected chi connectivity index (χ2v) is 6.88. The van der Waals surface area contributed by atoms with E-state index in [-0.39, 0.29) is 23.8 Å². The number of esters is 1. The standard InChI is InChI=1S/C20H24N2O2/c1-3-12-11-21-18-10-15-14-6-4-5-7-16(14)22-17(15)9-8-13(12)19(18)20(23)24-2/h3-7,13,18-19,21-22H,8-11H2,1-2H3. The van der Waals surface area contributed by atoms with Crippen molar-refractivity contribution in [3.8, 4) is 0 Å². The zero-order valence-electron chi connectivity index (χ0n) is 14.3. The Hall–Kier alpha value is -2.07. The first-order chi connectivity index (χ1) is 11.7. The summed E-state index contributed by atoms with van der Waals surface area (Å²) in [5.41, 5.74) is 5.22. The molecule has 2 aromatic rings. The van der Waals surface area contributed by atoms with E-state index in [4.69, 9.17) is 4.74 Å². The fourth-order valence-electron chi connectivity index (χ4n) is 4.59. The zero-order chi connectivity index (χ0) is 16.7. The summed E-state index contributed by atoms with van der Waals surface area (Å²) in [5, 5.41) is 4.88. The van der Waals surface area contributed by atoms with Gasteiger partial charge in [-0.1, -0.05) is 29.8 Å². The quantitative estimate of drug-likeness (QED) is 0.626. The van der Waals surface area contributed by atoms with Crippen molar-refractivity contribution in [2.24, 2.45) is 11.8 Å². The maximum absolute atomic E-state index is 12.5. The van der Waals surface area contributed by atoms with Crippen LogP contribution in [0.25, 0.3) is 10.9 Å². The Bertz CT molecular complexity index is 805. The number of nitrogens with one attached hydrogen (secondary N) is 2. The Morgan fingerprint density at radius 2 is 2.17 bits per heavy atom. The van der Waals surface area contributed by atoms with E-state index in [2.05, 4.69) is 47.6 Å². The highest BCUT2D eigenvalue weighted by Gasteiger charge is 2.42. The molecule has 1 aliphatic heterocycles. The normalized spacial score (nSPS) is 28.2. The molecule has 4 nitrogen and oxygen atoms in total. The third-order valence-corrected chi connectivity index (χ3v) is 5.79. The molecule has 0 amide bonds. The summed E-state index contributed by atoms with van der Waals surface area (Å²) in [7, 11) is 1.50. The van der Waals surface area contributed by atoms with Crippen molar-refractivity contribution in [1.29, 1.82) is 0 Å². The summed E-state index contributed by atoms with van der Waals surface area (Å²) < 4.78 is 5.16. The highest BCUT2D eigenvalue weighted by molar-refractivity contribution is 5.85. The van der Waals surface area contributed by atoms with Crippen LogP contribution in [-0.2, 0) is 22.4 Å². The number of carbonyl (C=O) groups is 1. The summed E-state index contributed by atoms with van der Waals surface area (Å²) in [5.74, 6) is 0.0878. The molecule has 4 rings (SSSR count). The third-order valence-electron chi connectivity index (χ3n) is 5.79. The van der Waals surface area contributed by atoms with Gasteiger partial charge in [-0.2, -0.15) is 0 Å². The van der Waals surface area contributed by atoms with Gasteiger partial charge in [0.15, 0.2) is 0 Å². The van der Waals surface area contributed by atoms with Crippen LogP contribution in [0.3, 0.4) is 0 Å². The molecule has 2 N–H and O–H groups in total. The van der Waals surface area contributed by atoms with Crippen molar-refractivity contribution >= 4 is 16.9 Å². The molecule has 24 heavy (non-hydrogen) atoms. The molecule has 1 aliphatic carbocycles. The maximum Gasteiger partial charge on any atom is 0.310 e. The number of allylic oxidation sites excluding steroid dienone is 1. The van der Waals surface area contributed by atoms with Crippen LogP contribution < -0.4 is 5.32 Å². The van der Waals surface area contributed by atoms with Gasteiger partial charge in [-0.15, -0.1) is 0 Å². The smallest absolute Gasteiger partial charge is 0.310 e. The van der Waals surface area contributed by atoms with Gasteiger partial charge in [0.1, 0.15) is 0 Å². The van der Waals surface area contributed by atoms with Gasteiger partial charge in [0.05, 0.1) is 13.0 Å². The van der Waals surface area contributed by atoms with Gasteiger partial charge < -0.3 is 15.0 Å². The van der Waals surface area contributed by atoms with Crippen LogP contribution >= 0.6 is 0 Å². The average molecular weight is 324 g/mol. The first-order valence-electron chi connectivity index (χ1n) is 8.77. The number of ether oxygens (including phenoxy) is 1. The molecule has 1 saturated heterocycles. The number of piperidine rings is 1.